The summed E-state index contributed by atoms with van der Waals surface area (Å²) in [7, 11) is 1.69. The molecule has 0 N–H and O–H groups in total. The number of nitrogens with zero attached hydrogens (tertiary/aromatic N) is 1. The summed E-state index contributed by atoms with van der Waals surface area (Å²) in [5.41, 5.74) is 4.26. The molecule has 6 nitrogen and oxygen atoms in total. The molecule has 0 atom stereocenters. The zero-order valence-electron chi connectivity index (χ0n) is 23.0. The molecular weight excluding hydrogens is 454 g/mol. The van der Waals surface area contributed by atoms with Crippen molar-refractivity contribution < 1.29 is 23.8 Å². The molecule has 0 fully saturated rings. The van der Waals surface area contributed by atoms with Gasteiger partial charge in [-0.25, -0.2) is 0 Å². The van der Waals surface area contributed by atoms with Gasteiger partial charge in [-0.15, -0.1) is 0 Å². The molecule has 3 aliphatic rings. The predicted molar refractivity (Wildman–Crippen MR) is 140 cm³/mol. The molecule has 0 amide bonds. The van der Waals surface area contributed by atoms with Crippen molar-refractivity contribution in [2.45, 2.75) is 73.1 Å². The Morgan fingerprint density at radius 2 is 1.36 bits per heavy atom. The third-order valence-corrected chi connectivity index (χ3v) is 7.44. The molecule has 6 heteroatoms. The van der Waals surface area contributed by atoms with Crippen molar-refractivity contribution in [3.8, 4) is 11.5 Å². The van der Waals surface area contributed by atoms with E-state index in [-0.39, 0.29) is 22.4 Å². The highest BCUT2D eigenvalue weighted by Crippen LogP contribution is 2.54. The van der Waals surface area contributed by atoms with Gasteiger partial charge < -0.3 is 19.1 Å². The van der Waals surface area contributed by atoms with E-state index in [0.29, 0.717) is 50.7 Å². The molecule has 0 saturated heterocycles. The zero-order valence-corrected chi connectivity index (χ0v) is 23.0. The van der Waals surface area contributed by atoms with Gasteiger partial charge in [0.25, 0.3) is 0 Å². The maximum Gasteiger partial charge on any atom is 0.162 e. The molecular formula is C30H41NO5. The molecule has 1 aromatic rings. The molecule has 0 bridgehead atoms. The Morgan fingerprint density at radius 3 is 1.86 bits per heavy atom. The second-order valence-corrected chi connectivity index (χ2v) is 11.8. The highest BCUT2D eigenvalue weighted by molar-refractivity contribution is 6.06. The summed E-state index contributed by atoms with van der Waals surface area (Å²) in [6, 6.07) is 5.88. The molecule has 0 unspecified atom stereocenters. The fourth-order valence-corrected chi connectivity index (χ4v) is 6.08. The van der Waals surface area contributed by atoms with Crippen LogP contribution in [0.15, 0.2) is 40.7 Å². The number of carbonyl (C=O) groups is 2. The summed E-state index contributed by atoms with van der Waals surface area (Å²) in [6.45, 7) is 14.7. The summed E-state index contributed by atoms with van der Waals surface area (Å²) in [4.78, 5) is 29.9. The van der Waals surface area contributed by atoms with Crippen LogP contribution in [0.1, 0.15) is 78.7 Å². The standard InChI is InChI=1S/C30H41NO5/c1-8-35-24-11-10-19(14-25(24)36-9-2)26-27-20(15-29(3,4)17-22(27)32)31(12-13-34-7)21-16-30(5,6)18-23(33)28(21)26/h10-11,14,26H,8-9,12-13,15-18H2,1-7H3. The summed E-state index contributed by atoms with van der Waals surface area (Å²) < 4.78 is 17.2. The van der Waals surface area contributed by atoms with Crippen LogP contribution >= 0.6 is 0 Å². The van der Waals surface area contributed by atoms with E-state index in [0.717, 1.165) is 40.9 Å². The molecule has 36 heavy (non-hydrogen) atoms. The van der Waals surface area contributed by atoms with Gasteiger partial charge in [-0.05, 0) is 55.2 Å². The van der Waals surface area contributed by atoms with Gasteiger partial charge in [0.1, 0.15) is 0 Å². The predicted octanol–water partition coefficient (Wildman–Crippen LogP) is 5.82. The van der Waals surface area contributed by atoms with Crippen LogP contribution in [-0.4, -0.2) is 49.9 Å². The highest BCUT2D eigenvalue weighted by Gasteiger charge is 2.49. The van der Waals surface area contributed by atoms with E-state index in [1.54, 1.807) is 7.11 Å². The minimum atomic E-state index is -0.393. The second kappa shape index (κ2) is 10.0. The van der Waals surface area contributed by atoms with Crippen LogP contribution in [0.2, 0.25) is 0 Å². The summed E-state index contributed by atoms with van der Waals surface area (Å²) in [5, 5.41) is 0. The van der Waals surface area contributed by atoms with Crippen LogP contribution in [-0.2, 0) is 14.3 Å². The monoisotopic (exact) mass is 495 g/mol. The average molecular weight is 496 g/mol. The molecule has 1 aromatic carbocycles. The first-order chi connectivity index (χ1) is 17.0. The van der Waals surface area contributed by atoms with Gasteiger partial charge in [0.05, 0.1) is 19.8 Å². The number of allylic oxidation sites excluding steroid dienone is 4. The fraction of sp³-hybridized carbons (Fsp3) is 0.600. The molecule has 4 rings (SSSR count). The van der Waals surface area contributed by atoms with E-state index in [2.05, 4.69) is 32.6 Å². The lowest BCUT2D eigenvalue weighted by Gasteiger charge is -2.49. The van der Waals surface area contributed by atoms with Crippen LogP contribution in [0.3, 0.4) is 0 Å². The molecule has 1 aliphatic heterocycles. The van der Waals surface area contributed by atoms with Gasteiger partial charge in [-0.2, -0.15) is 0 Å². The quantitative estimate of drug-likeness (QED) is 0.453. The number of Topliss-reactive ketones (excluding diaryl/α,β-unsaturated/α-hetero) is 2. The molecule has 0 saturated carbocycles. The average Bonchev–Trinajstić information content (AvgIpc) is 2.77. The van der Waals surface area contributed by atoms with Gasteiger partial charge in [0.2, 0.25) is 0 Å². The Balaban J connectivity index is 1.96. The Labute approximate surface area is 215 Å². The molecule has 2 aliphatic carbocycles. The molecule has 196 valence electrons. The van der Waals surface area contributed by atoms with Crippen molar-refractivity contribution >= 4 is 11.6 Å². The Morgan fingerprint density at radius 1 is 0.833 bits per heavy atom. The third-order valence-electron chi connectivity index (χ3n) is 7.44. The number of hydrogen-bond donors (Lipinski definition) is 0. The van der Waals surface area contributed by atoms with Gasteiger partial charge in [0, 0.05) is 55.0 Å². The van der Waals surface area contributed by atoms with Crippen LogP contribution in [0, 0.1) is 10.8 Å². The number of hydrogen-bond acceptors (Lipinski definition) is 6. The largest absolute Gasteiger partial charge is 0.490 e. The summed E-state index contributed by atoms with van der Waals surface area (Å²) in [6.07, 6.45) is 2.51. The minimum Gasteiger partial charge on any atom is -0.490 e. The van der Waals surface area contributed by atoms with Crippen LogP contribution in [0.5, 0.6) is 11.5 Å². The number of ketones is 2. The first-order valence-corrected chi connectivity index (χ1v) is 13.2. The van der Waals surface area contributed by atoms with E-state index >= 15 is 0 Å². The van der Waals surface area contributed by atoms with E-state index in [4.69, 9.17) is 14.2 Å². The molecule has 0 aromatic heterocycles. The van der Waals surface area contributed by atoms with Crippen molar-refractivity contribution in [2.75, 3.05) is 33.5 Å². The lowest BCUT2D eigenvalue weighted by atomic mass is 9.63. The van der Waals surface area contributed by atoms with Crippen molar-refractivity contribution in [3.63, 3.8) is 0 Å². The molecule has 0 radical (unpaired) electrons. The van der Waals surface area contributed by atoms with E-state index < -0.39 is 5.92 Å². The first kappa shape index (κ1) is 26.5. The highest BCUT2D eigenvalue weighted by atomic mass is 16.5. The van der Waals surface area contributed by atoms with Crippen molar-refractivity contribution in [1.29, 1.82) is 0 Å². The van der Waals surface area contributed by atoms with Crippen molar-refractivity contribution in [1.82, 2.24) is 4.90 Å². The number of ether oxygens (including phenoxy) is 3. The Bertz CT molecular complexity index is 1060. The number of benzene rings is 1. The van der Waals surface area contributed by atoms with E-state index in [9.17, 15) is 9.59 Å². The second-order valence-electron chi connectivity index (χ2n) is 11.8. The minimum absolute atomic E-state index is 0.129. The summed E-state index contributed by atoms with van der Waals surface area (Å²) >= 11 is 0. The topological polar surface area (TPSA) is 65.1 Å². The Kier molecular flexibility index (Phi) is 7.38. The molecule has 1 heterocycles. The lowest BCUT2D eigenvalue weighted by Crippen LogP contribution is -2.45. The summed E-state index contributed by atoms with van der Waals surface area (Å²) in [5.74, 6) is 1.19. The SMILES string of the molecule is CCOc1ccc(C2C3=C(CC(C)(C)CC3=O)N(CCOC)C3=C2C(=O)CC(C)(C)C3)cc1OCC. The van der Waals surface area contributed by atoms with Crippen LogP contribution < -0.4 is 9.47 Å². The van der Waals surface area contributed by atoms with Crippen LogP contribution in [0.25, 0.3) is 0 Å². The fourth-order valence-electron chi connectivity index (χ4n) is 6.08. The van der Waals surface area contributed by atoms with E-state index in [1.165, 1.54) is 0 Å². The maximum atomic E-state index is 13.8. The van der Waals surface area contributed by atoms with Crippen molar-refractivity contribution in [2.24, 2.45) is 10.8 Å². The van der Waals surface area contributed by atoms with Gasteiger partial charge in [0.15, 0.2) is 23.1 Å². The third kappa shape index (κ3) is 4.97. The van der Waals surface area contributed by atoms with Crippen molar-refractivity contribution in [3.05, 3.63) is 46.3 Å². The van der Waals surface area contributed by atoms with Gasteiger partial charge >= 0.3 is 0 Å². The maximum absolute atomic E-state index is 13.8. The number of methoxy groups -OCH3 is 1. The smallest absolute Gasteiger partial charge is 0.162 e. The number of rotatable bonds is 8. The normalized spacial score (nSPS) is 21.5. The zero-order chi connectivity index (χ0) is 26.3. The van der Waals surface area contributed by atoms with Gasteiger partial charge in [-0.3, -0.25) is 9.59 Å². The first-order valence-electron chi connectivity index (χ1n) is 13.2. The van der Waals surface area contributed by atoms with Gasteiger partial charge in [-0.1, -0.05) is 33.8 Å². The van der Waals surface area contributed by atoms with Crippen LogP contribution in [0.4, 0.5) is 0 Å². The molecule has 0 spiro atoms. The number of carbonyl (C=O) groups excluding carboxylic acids is 2. The Hall–Kier alpha value is -2.60. The lowest BCUT2D eigenvalue weighted by molar-refractivity contribution is -0.119. The van der Waals surface area contributed by atoms with E-state index in [1.807, 2.05) is 32.0 Å².